The zero-order valence-corrected chi connectivity index (χ0v) is 24.1. The third-order valence-corrected chi connectivity index (χ3v) is 7.12. The number of amides is 3. The largest absolute Gasteiger partial charge is 0.493 e. The minimum absolute atomic E-state index is 0.00950. The molecule has 4 rings (SSSR count). The predicted octanol–water partition coefficient (Wildman–Crippen LogP) is 5.63. The molecule has 0 radical (unpaired) electrons. The fourth-order valence-corrected chi connectivity index (χ4v) is 4.74. The highest BCUT2D eigenvalue weighted by molar-refractivity contribution is 8.00. The minimum atomic E-state index is -0.533. The van der Waals surface area contributed by atoms with Gasteiger partial charge in [0.15, 0.2) is 11.5 Å². The van der Waals surface area contributed by atoms with Crippen molar-refractivity contribution in [1.29, 1.82) is 0 Å². The maximum atomic E-state index is 13.4. The molecule has 10 heteroatoms. The van der Waals surface area contributed by atoms with Crippen LogP contribution in [0.5, 0.6) is 11.5 Å². The van der Waals surface area contributed by atoms with Crippen LogP contribution < -0.4 is 25.4 Å². The summed E-state index contributed by atoms with van der Waals surface area (Å²) in [6.45, 7) is 1.82. The standard InChI is InChI=1S/C32H30N4O5S/c1-21(30(37)34-25-16-18-33-19-17-25)42-26-14-12-24(13-15-26)35-32(39)27(36-31(38)22-8-5-4-6-9-22)20-23-10-7-11-28(40-2)29(23)41-3/h4-21H,1-3H3,(H,35,39)(H,36,38)(H,33,34,37)/b27-20-. The summed E-state index contributed by atoms with van der Waals surface area (Å²) in [7, 11) is 3.02. The quantitative estimate of drug-likeness (QED) is 0.155. The van der Waals surface area contributed by atoms with Gasteiger partial charge in [-0.2, -0.15) is 0 Å². The third kappa shape index (κ3) is 7.98. The summed E-state index contributed by atoms with van der Waals surface area (Å²) in [5.41, 5.74) is 2.14. The number of anilines is 2. The van der Waals surface area contributed by atoms with E-state index in [9.17, 15) is 14.4 Å². The average molecular weight is 583 g/mol. The maximum Gasteiger partial charge on any atom is 0.272 e. The Hall–Kier alpha value is -5.09. The highest BCUT2D eigenvalue weighted by Crippen LogP contribution is 2.32. The number of pyridine rings is 1. The molecule has 0 spiro atoms. The fourth-order valence-electron chi connectivity index (χ4n) is 3.88. The first-order valence-electron chi connectivity index (χ1n) is 13.0. The molecule has 0 saturated heterocycles. The van der Waals surface area contributed by atoms with Crippen LogP contribution >= 0.6 is 11.8 Å². The van der Waals surface area contributed by atoms with Crippen LogP contribution in [-0.4, -0.2) is 42.2 Å². The topological polar surface area (TPSA) is 119 Å². The van der Waals surface area contributed by atoms with Crippen molar-refractivity contribution in [3.8, 4) is 11.5 Å². The number of methoxy groups -OCH3 is 2. The zero-order chi connectivity index (χ0) is 29.9. The van der Waals surface area contributed by atoms with E-state index in [2.05, 4.69) is 20.9 Å². The summed E-state index contributed by atoms with van der Waals surface area (Å²) >= 11 is 1.39. The lowest BCUT2D eigenvalue weighted by Gasteiger charge is -2.14. The van der Waals surface area contributed by atoms with Crippen LogP contribution in [0.4, 0.5) is 11.4 Å². The summed E-state index contributed by atoms with van der Waals surface area (Å²) in [5, 5.41) is 8.05. The van der Waals surface area contributed by atoms with Crippen molar-refractivity contribution < 1.29 is 23.9 Å². The van der Waals surface area contributed by atoms with E-state index in [4.69, 9.17) is 9.47 Å². The molecule has 214 valence electrons. The molecule has 0 aliphatic rings. The number of benzene rings is 3. The summed E-state index contributed by atoms with van der Waals surface area (Å²) < 4.78 is 10.9. The van der Waals surface area contributed by atoms with E-state index in [0.29, 0.717) is 34.0 Å². The number of aromatic nitrogens is 1. The van der Waals surface area contributed by atoms with Gasteiger partial charge in [0.25, 0.3) is 11.8 Å². The highest BCUT2D eigenvalue weighted by Gasteiger charge is 2.18. The van der Waals surface area contributed by atoms with Gasteiger partial charge in [0.1, 0.15) is 5.70 Å². The fraction of sp³-hybridized carbons (Fsp3) is 0.125. The number of rotatable bonds is 11. The lowest BCUT2D eigenvalue weighted by atomic mass is 10.1. The van der Waals surface area contributed by atoms with Crippen molar-refractivity contribution in [1.82, 2.24) is 10.3 Å². The average Bonchev–Trinajstić information content (AvgIpc) is 3.02. The van der Waals surface area contributed by atoms with E-state index >= 15 is 0 Å². The second kappa shape index (κ2) is 14.5. The normalized spacial score (nSPS) is 11.6. The summed E-state index contributed by atoms with van der Waals surface area (Å²) in [5.74, 6) is -0.209. The van der Waals surface area contributed by atoms with E-state index in [-0.39, 0.29) is 16.9 Å². The number of carbonyl (C=O) groups excluding carboxylic acids is 3. The molecule has 1 atom stereocenters. The van der Waals surface area contributed by atoms with Gasteiger partial charge in [-0.05, 0) is 67.6 Å². The van der Waals surface area contributed by atoms with Crippen molar-refractivity contribution in [2.75, 3.05) is 24.9 Å². The maximum absolute atomic E-state index is 13.4. The second-order valence-electron chi connectivity index (χ2n) is 8.92. The Labute approximate surface area is 248 Å². The van der Waals surface area contributed by atoms with Crippen LogP contribution in [0, 0.1) is 0 Å². The van der Waals surface area contributed by atoms with Gasteiger partial charge in [-0.3, -0.25) is 19.4 Å². The van der Waals surface area contributed by atoms with E-state index in [0.717, 1.165) is 4.90 Å². The number of nitrogens with zero attached hydrogens (tertiary/aromatic N) is 1. The molecule has 42 heavy (non-hydrogen) atoms. The molecule has 3 aromatic carbocycles. The Morgan fingerprint density at radius 1 is 0.810 bits per heavy atom. The molecule has 1 unspecified atom stereocenters. The Morgan fingerprint density at radius 2 is 1.50 bits per heavy atom. The van der Waals surface area contributed by atoms with Crippen molar-refractivity contribution in [3.05, 3.63) is 114 Å². The first-order valence-corrected chi connectivity index (χ1v) is 13.8. The van der Waals surface area contributed by atoms with E-state index in [1.54, 1.807) is 85.2 Å². The predicted molar refractivity (Wildman–Crippen MR) is 165 cm³/mol. The molecule has 0 fully saturated rings. The van der Waals surface area contributed by atoms with Crippen LogP contribution in [0.3, 0.4) is 0 Å². The Kier molecular flexibility index (Phi) is 10.3. The summed E-state index contributed by atoms with van der Waals surface area (Å²) in [6.07, 6.45) is 4.76. The Balaban J connectivity index is 1.50. The molecule has 1 heterocycles. The zero-order valence-electron chi connectivity index (χ0n) is 23.3. The van der Waals surface area contributed by atoms with Gasteiger partial charge in [-0.1, -0.05) is 30.3 Å². The third-order valence-electron chi connectivity index (χ3n) is 6.00. The van der Waals surface area contributed by atoms with Gasteiger partial charge >= 0.3 is 0 Å². The van der Waals surface area contributed by atoms with Crippen molar-refractivity contribution >= 4 is 46.9 Å². The van der Waals surface area contributed by atoms with Gasteiger partial charge in [0.05, 0.1) is 19.5 Å². The summed E-state index contributed by atoms with van der Waals surface area (Å²) in [4.78, 5) is 43.8. The first-order chi connectivity index (χ1) is 20.4. The highest BCUT2D eigenvalue weighted by atomic mass is 32.2. The lowest BCUT2D eigenvalue weighted by Crippen LogP contribution is -2.30. The van der Waals surface area contributed by atoms with Gasteiger partial charge in [-0.15, -0.1) is 11.8 Å². The Bertz CT molecular complexity index is 1560. The molecule has 1 aromatic heterocycles. The molecule has 0 saturated carbocycles. The lowest BCUT2D eigenvalue weighted by molar-refractivity contribution is -0.115. The van der Waals surface area contributed by atoms with Crippen molar-refractivity contribution in [2.24, 2.45) is 0 Å². The van der Waals surface area contributed by atoms with Crippen molar-refractivity contribution in [3.63, 3.8) is 0 Å². The minimum Gasteiger partial charge on any atom is -0.493 e. The van der Waals surface area contributed by atoms with Gasteiger partial charge in [-0.25, -0.2) is 0 Å². The molecular weight excluding hydrogens is 552 g/mol. The molecule has 3 amide bonds. The van der Waals surface area contributed by atoms with Gasteiger partial charge in [0.2, 0.25) is 5.91 Å². The monoisotopic (exact) mass is 582 g/mol. The van der Waals surface area contributed by atoms with E-state index in [1.807, 2.05) is 19.1 Å². The number of nitrogens with one attached hydrogen (secondary N) is 3. The molecule has 0 bridgehead atoms. The number of para-hydroxylation sites is 1. The van der Waals surface area contributed by atoms with Gasteiger partial charge in [0, 0.05) is 39.8 Å². The smallest absolute Gasteiger partial charge is 0.272 e. The molecule has 4 aromatic rings. The van der Waals surface area contributed by atoms with Gasteiger partial charge < -0.3 is 25.4 Å². The molecule has 0 aliphatic heterocycles. The number of thioether (sulfide) groups is 1. The van der Waals surface area contributed by atoms with Crippen LogP contribution in [0.1, 0.15) is 22.8 Å². The number of carbonyl (C=O) groups is 3. The molecule has 9 nitrogen and oxygen atoms in total. The number of hydrogen-bond donors (Lipinski definition) is 3. The number of ether oxygens (including phenoxy) is 2. The first kappa shape index (κ1) is 29.9. The van der Waals surface area contributed by atoms with Crippen LogP contribution in [0.25, 0.3) is 6.08 Å². The Morgan fingerprint density at radius 3 is 2.17 bits per heavy atom. The number of hydrogen-bond acceptors (Lipinski definition) is 7. The van der Waals surface area contributed by atoms with Crippen LogP contribution in [0.2, 0.25) is 0 Å². The molecule has 0 aliphatic carbocycles. The van der Waals surface area contributed by atoms with Crippen LogP contribution in [0.15, 0.2) is 108 Å². The van der Waals surface area contributed by atoms with Crippen LogP contribution in [-0.2, 0) is 9.59 Å². The molecule has 3 N–H and O–H groups in total. The van der Waals surface area contributed by atoms with Crippen molar-refractivity contribution in [2.45, 2.75) is 17.1 Å². The molecular formula is C32H30N4O5S. The second-order valence-corrected chi connectivity index (χ2v) is 10.3. The summed E-state index contributed by atoms with van der Waals surface area (Å²) in [6, 6.07) is 24.4. The SMILES string of the molecule is COc1cccc(/C=C(\NC(=O)c2ccccc2)C(=O)Nc2ccc(SC(C)C(=O)Nc3ccncc3)cc2)c1OC. The van der Waals surface area contributed by atoms with E-state index < -0.39 is 11.8 Å². The van der Waals surface area contributed by atoms with E-state index in [1.165, 1.54) is 32.1 Å².